The summed E-state index contributed by atoms with van der Waals surface area (Å²) in [5.74, 6) is 0. The fraction of sp³-hybridized carbons (Fsp3) is 0.571. The highest BCUT2D eigenvalue weighted by molar-refractivity contribution is 9.10. The first-order valence-electron chi connectivity index (χ1n) is 6.75. The van der Waals surface area contributed by atoms with Crippen molar-refractivity contribution in [3.63, 3.8) is 0 Å². The zero-order chi connectivity index (χ0) is 14.3. The van der Waals surface area contributed by atoms with E-state index in [-0.39, 0.29) is 10.6 Å². The zero-order valence-corrected chi connectivity index (χ0v) is 13.1. The van der Waals surface area contributed by atoms with Crippen molar-refractivity contribution in [3.05, 3.63) is 32.8 Å². The van der Waals surface area contributed by atoms with E-state index < -0.39 is 0 Å². The summed E-state index contributed by atoms with van der Waals surface area (Å²) in [7, 11) is 0. The SMILES string of the molecule is CCCCCCC(C)Nc1cc([N+](=O)[O-])ccc1Br. The minimum Gasteiger partial charge on any atom is -0.381 e. The van der Waals surface area contributed by atoms with Gasteiger partial charge in [-0.05, 0) is 35.3 Å². The van der Waals surface area contributed by atoms with E-state index in [0.717, 1.165) is 16.6 Å². The van der Waals surface area contributed by atoms with Crippen LogP contribution >= 0.6 is 15.9 Å². The lowest BCUT2D eigenvalue weighted by Gasteiger charge is -2.16. The summed E-state index contributed by atoms with van der Waals surface area (Å²) in [4.78, 5) is 10.4. The first-order valence-corrected chi connectivity index (χ1v) is 7.54. The van der Waals surface area contributed by atoms with Crippen LogP contribution in [0.1, 0.15) is 46.0 Å². The summed E-state index contributed by atoms with van der Waals surface area (Å²) < 4.78 is 0.860. The summed E-state index contributed by atoms with van der Waals surface area (Å²) >= 11 is 3.42. The quantitative estimate of drug-likeness (QED) is 0.409. The van der Waals surface area contributed by atoms with Crippen molar-refractivity contribution in [1.82, 2.24) is 0 Å². The molecule has 1 atom stereocenters. The van der Waals surface area contributed by atoms with Gasteiger partial charge in [0.1, 0.15) is 0 Å². The lowest BCUT2D eigenvalue weighted by Crippen LogP contribution is -2.15. The molecule has 0 amide bonds. The first-order chi connectivity index (χ1) is 9.04. The van der Waals surface area contributed by atoms with Crippen LogP contribution in [0.4, 0.5) is 11.4 Å². The molecule has 1 rings (SSSR count). The number of halogens is 1. The minimum absolute atomic E-state index is 0.115. The van der Waals surface area contributed by atoms with Gasteiger partial charge in [0.25, 0.3) is 5.69 Å². The molecule has 1 aromatic carbocycles. The average Bonchev–Trinajstić information content (AvgIpc) is 2.37. The van der Waals surface area contributed by atoms with Gasteiger partial charge >= 0.3 is 0 Å². The van der Waals surface area contributed by atoms with Crippen molar-refractivity contribution in [2.24, 2.45) is 0 Å². The Labute approximate surface area is 122 Å². The number of anilines is 1. The van der Waals surface area contributed by atoms with Gasteiger partial charge < -0.3 is 5.32 Å². The lowest BCUT2D eigenvalue weighted by atomic mass is 10.1. The number of nitrogens with one attached hydrogen (secondary N) is 1. The molecule has 0 saturated carbocycles. The Morgan fingerprint density at radius 1 is 1.37 bits per heavy atom. The van der Waals surface area contributed by atoms with Crippen molar-refractivity contribution in [3.8, 4) is 0 Å². The fourth-order valence-corrected chi connectivity index (χ4v) is 2.31. The highest BCUT2D eigenvalue weighted by atomic mass is 79.9. The highest BCUT2D eigenvalue weighted by Gasteiger charge is 2.11. The maximum absolute atomic E-state index is 10.8. The van der Waals surface area contributed by atoms with Crippen LogP contribution in [-0.2, 0) is 0 Å². The first kappa shape index (κ1) is 16.0. The van der Waals surface area contributed by atoms with Crippen LogP contribution in [0, 0.1) is 10.1 Å². The van der Waals surface area contributed by atoms with Crippen molar-refractivity contribution < 1.29 is 4.92 Å². The number of non-ortho nitro benzene ring substituents is 1. The Bertz CT molecular complexity index is 424. The van der Waals surface area contributed by atoms with Crippen LogP contribution in [0.2, 0.25) is 0 Å². The van der Waals surface area contributed by atoms with Crippen molar-refractivity contribution >= 4 is 27.3 Å². The molecule has 0 aliphatic rings. The number of hydrogen-bond acceptors (Lipinski definition) is 3. The van der Waals surface area contributed by atoms with Gasteiger partial charge in [0.15, 0.2) is 0 Å². The van der Waals surface area contributed by atoms with Crippen molar-refractivity contribution in [2.45, 2.75) is 52.0 Å². The Hall–Kier alpha value is -1.10. The second-order valence-electron chi connectivity index (χ2n) is 4.82. The van der Waals surface area contributed by atoms with E-state index in [9.17, 15) is 10.1 Å². The number of hydrogen-bond donors (Lipinski definition) is 1. The van der Waals surface area contributed by atoms with E-state index in [0.29, 0.717) is 6.04 Å². The Morgan fingerprint density at radius 3 is 2.74 bits per heavy atom. The van der Waals surface area contributed by atoms with E-state index in [4.69, 9.17) is 0 Å². The molecule has 0 heterocycles. The molecule has 106 valence electrons. The van der Waals surface area contributed by atoms with Gasteiger partial charge in [-0.1, -0.05) is 32.6 Å². The van der Waals surface area contributed by atoms with Gasteiger partial charge in [-0.25, -0.2) is 0 Å². The summed E-state index contributed by atoms with van der Waals surface area (Å²) in [6.07, 6.45) is 6.02. The molecule has 0 bridgehead atoms. The topological polar surface area (TPSA) is 55.2 Å². The molecule has 0 aliphatic carbocycles. The second kappa shape index (κ2) is 8.15. The van der Waals surface area contributed by atoms with Crippen molar-refractivity contribution in [1.29, 1.82) is 0 Å². The summed E-state index contributed by atoms with van der Waals surface area (Å²) in [6, 6.07) is 5.10. The number of nitrogens with zero attached hydrogens (tertiary/aromatic N) is 1. The van der Waals surface area contributed by atoms with Crippen LogP contribution < -0.4 is 5.32 Å². The second-order valence-corrected chi connectivity index (χ2v) is 5.67. The third-order valence-electron chi connectivity index (χ3n) is 3.05. The Morgan fingerprint density at radius 2 is 2.11 bits per heavy atom. The van der Waals surface area contributed by atoms with Gasteiger partial charge in [0.05, 0.1) is 10.6 Å². The third kappa shape index (κ3) is 5.59. The van der Waals surface area contributed by atoms with Gasteiger partial charge in [0.2, 0.25) is 0 Å². The van der Waals surface area contributed by atoms with E-state index in [2.05, 4.69) is 35.1 Å². The number of nitro groups is 1. The summed E-state index contributed by atoms with van der Waals surface area (Å²) in [5, 5.41) is 14.1. The molecular formula is C14H21BrN2O2. The largest absolute Gasteiger partial charge is 0.381 e. The highest BCUT2D eigenvalue weighted by Crippen LogP contribution is 2.28. The average molecular weight is 329 g/mol. The molecule has 0 aromatic heterocycles. The zero-order valence-electron chi connectivity index (χ0n) is 11.5. The monoisotopic (exact) mass is 328 g/mol. The maximum Gasteiger partial charge on any atom is 0.271 e. The number of benzene rings is 1. The molecule has 5 heteroatoms. The molecular weight excluding hydrogens is 308 g/mol. The smallest absolute Gasteiger partial charge is 0.271 e. The summed E-state index contributed by atoms with van der Waals surface area (Å²) in [6.45, 7) is 4.30. The minimum atomic E-state index is -0.371. The molecule has 4 nitrogen and oxygen atoms in total. The van der Waals surface area contributed by atoms with E-state index in [1.165, 1.54) is 31.7 Å². The molecule has 0 aliphatic heterocycles. The van der Waals surface area contributed by atoms with Gasteiger partial charge in [-0.2, -0.15) is 0 Å². The molecule has 0 spiro atoms. The molecule has 0 fully saturated rings. The molecule has 0 radical (unpaired) electrons. The van der Waals surface area contributed by atoms with Gasteiger partial charge in [-0.3, -0.25) is 10.1 Å². The van der Waals surface area contributed by atoms with E-state index >= 15 is 0 Å². The fourth-order valence-electron chi connectivity index (χ4n) is 1.95. The number of unbranched alkanes of at least 4 members (excludes halogenated alkanes) is 3. The third-order valence-corrected chi connectivity index (χ3v) is 3.74. The molecule has 1 aromatic rings. The van der Waals surface area contributed by atoms with E-state index in [1.807, 2.05) is 0 Å². The maximum atomic E-state index is 10.8. The number of rotatable bonds is 8. The Balaban J connectivity index is 2.55. The van der Waals surface area contributed by atoms with Crippen LogP contribution in [-0.4, -0.2) is 11.0 Å². The lowest BCUT2D eigenvalue weighted by molar-refractivity contribution is -0.384. The standard InChI is InChI=1S/C14H21BrN2O2/c1-3-4-5-6-7-11(2)16-14-10-12(17(18)19)8-9-13(14)15/h8-11,16H,3-7H2,1-2H3. The van der Waals surface area contributed by atoms with Crippen LogP contribution in [0.5, 0.6) is 0 Å². The van der Waals surface area contributed by atoms with Gasteiger partial charge in [-0.15, -0.1) is 0 Å². The van der Waals surface area contributed by atoms with Crippen LogP contribution in [0.3, 0.4) is 0 Å². The number of nitro benzene ring substituents is 1. The Kier molecular flexibility index (Phi) is 6.84. The molecule has 1 unspecified atom stereocenters. The van der Waals surface area contributed by atoms with Crippen LogP contribution in [0.25, 0.3) is 0 Å². The van der Waals surface area contributed by atoms with Crippen molar-refractivity contribution in [2.75, 3.05) is 5.32 Å². The predicted molar refractivity (Wildman–Crippen MR) is 82.6 cm³/mol. The molecule has 0 saturated heterocycles. The predicted octanol–water partition coefficient (Wildman–Crippen LogP) is 5.13. The normalized spacial score (nSPS) is 12.2. The van der Waals surface area contributed by atoms with Crippen LogP contribution in [0.15, 0.2) is 22.7 Å². The van der Waals surface area contributed by atoms with E-state index in [1.54, 1.807) is 12.1 Å². The molecule has 1 N–H and O–H groups in total. The summed E-state index contributed by atoms with van der Waals surface area (Å²) in [5.41, 5.74) is 0.904. The molecule has 19 heavy (non-hydrogen) atoms. The van der Waals surface area contributed by atoms with Gasteiger partial charge in [0, 0.05) is 22.6 Å².